The van der Waals surface area contributed by atoms with E-state index >= 15 is 0 Å². The van der Waals surface area contributed by atoms with Crippen LogP contribution in [0.2, 0.25) is 0 Å². The van der Waals surface area contributed by atoms with Crippen molar-refractivity contribution in [3.05, 3.63) is 101 Å². The normalized spacial score (nSPS) is 15.1. The molecule has 0 radical (unpaired) electrons. The first-order valence-corrected chi connectivity index (χ1v) is 11.7. The molecule has 184 valence electrons. The van der Waals surface area contributed by atoms with Gasteiger partial charge in [0.15, 0.2) is 0 Å². The summed E-state index contributed by atoms with van der Waals surface area (Å²) >= 11 is 0. The summed E-state index contributed by atoms with van der Waals surface area (Å²) in [4.78, 5) is 16.6. The summed E-state index contributed by atoms with van der Waals surface area (Å²) in [7, 11) is 1.64. The Kier molecular flexibility index (Phi) is 8.10. The van der Waals surface area contributed by atoms with Gasteiger partial charge in [0.05, 0.1) is 25.4 Å². The fourth-order valence-electron chi connectivity index (χ4n) is 4.18. The third-order valence-electron chi connectivity index (χ3n) is 6.28. The van der Waals surface area contributed by atoms with Crippen molar-refractivity contribution in [3.8, 4) is 5.75 Å². The Morgan fingerprint density at radius 1 is 0.971 bits per heavy atom. The van der Waals surface area contributed by atoms with Crippen LogP contribution in [0.4, 0.5) is 8.78 Å². The van der Waals surface area contributed by atoms with Gasteiger partial charge >= 0.3 is 0 Å². The summed E-state index contributed by atoms with van der Waals surface area (Å²) in [5, 5.41) is 0. The zero-order chi connectivity index (χ0) is 24.8. The van der Waals surface area contributed by atoms with Gasteiger partial charge in [-0.3, -0.25) is 9.69 Å². The fourth-order valence-corrected chi connectivity index (χ4v) is 4.18. The Labute approximate surface area is 204 Å². The Bertz CT molecular complexity index is 1150. The molecule has 1 aliphatic heterocycles. The van der Waals surface area contributed by atoms with E-state index in [-0.39, 0.29) is 11.7 Å². The van der Waals surface area contributed by atoms with E-state index in [0.29, 0.717) is 39.3 Å². The lowest BCUT2D eigenvalue weighted by Gasteiger charge is -2.36. The average Bonchev–Trinajstić information content (AvgIpc) is 2.87. The van der Waals surface area contributed by atoms with Crippen molar-refractivity contribution >= 4 is 5.91 Å². The van der Waals surface area contributed by atoms with E-state index in [4.69, 9.17) is 9.47 Å². The predicted molar refractivity (Wildman–Crippen MR) is 130 cm³/mol. The lowest BCUT2D eigenvalue weighted by Crippen LogP contribution is -2.49. The summed E-state index contributed by atoms with van der Waals surface area (Å²) < 4.78 is 39.1. The maximum Gasteiger partial charge on any atom is 0.256 e. The van der Waals surface area contributed by atoms with Crippen LogP contribution < -0.4 is 4.74 Å². The number of hydrogen-bond donors (Lipinski definition) is 0. The van der Waals surface area contributed by atoms with Crippen molar-refractivity contribution in [2.45, 2.75) is 19.6 Å². The van der Waals surface area contributed by atoms with Crippen LogP contribution in [0.15, 0.2) is 66.7 Å². The molecule has 4 rings (SSSR count). The Balaban J connectivity index is 1.41. The van der Waals surface area contributed by atoms with E-state index in [9.17, 15) is 13.6 Å². The van der Waals surface area contributed by atoms with Crippen LogP contribution in [0, 0.1) is 18.6 Å². The maximum absolute atomic E-state index is 14.1. The zero-order valence-electron chi connectivity index (χ0n) is 20.0. The molecular formula is C28H30F2N2O3. The molecule has 1 saturated heterocycles. The quantitative estimate of drug-likeness (QED) is 0.455. The van der Waals surface area contributed by atoms with Crippen LogP contribution in [0.25, 0.3) is 0 Å². The Morgan fingerprint density at radius 2 is 1.71 bits per heavy atom. The van der Waals surface area contributed by atoms with Crippen LogP contribution in [0.1, 0.15) is 33.2 Å². The highest BCUT2D eigenvalue weighted by molar-refractivity contribution is 5.94. The monoisotopic (exact) mass is 480 g/mol. The number of nitrogens with zero attached hydrogens (tertiary/aromatic N) is 2. The van der Waals surface area contributed by atoms with Gasteiger partial charge < -0.3 is 14.4 Å². The van der Waals surface area contributed by atoms with E-state index in [0.717, 1.165) is 29.0 Å². The number of benzene rings is 3. The van der Waals surface area contributed by atoms with Gasteiger partial charge in [-0.05, 0) is 42.3 Å². The second-order valence-electron chi connectivity index (χ2n) is 8.78. The van der Waals surface area contributed by atoms with Crippen molar-refractivity contribution in [1.29, 1.82) is 0 Å². The first-order valence-electron chi connectivity index (χ1n) is 11.7. The van der Waals surface area contributed by atoms with Gasteiger partial charge in [0.2, 0.25) is 0 Å². The van der Waals surface area contributed by atoms with E-state index < -0.39 is 17.5 Å². The van der Waals surface area contributed by atoms with Gasteiger partial charge in [0.25, 0.3) is 5.91 Å². The molecule has 1 amide bonds. The molecule has 1 aliphatic rings. The second-order valence-corrected chi connectivity index (χ2v) is 8.78. The summed E-state index contributed by atoms with van der Waals surface area (Å²) in [5.41, 5.74) is 3.21. The number of rotatable bonds is 8. The SMILES string of the molecule is COc1cccc([C@H](CN2CCN(C(=O)c3ccc(F)cc3F)CC2)OCc2ccc(C)cc2)c1. The van der Waals surface area contributed by atoms with Crippen LogP contribution >= 0.6 is 0 Å². The molecule has 35 heavy (non-hydrogen) atoms. The van der Waals surface area contributed by atoms with Crippen molar-refractivity contribution in [1.82, 2.24) is 9.80 Å². The summed E-state index contributed by atoms with van der Waals surface area (Å²) in [5.74, 6) is -1.18. The van der Waals surface area contributed by atoms with E-state index in [1.165, 1.54) is 11.6 Å². The third kappa shape index (κ3) is 6.44. The molecule has 0 spiro atoms. The number of amides is 1. The van der Waals surface area contributed by atoms with Gasteiger partial charge in [-0.15, -0.1) is 0 Å². The van der Waals surface area contributed by atoms with Crippen molar-refractivity contribution in [3.63, 3.8) is 0 Å². The number of piperazine rings is 1. The van der Waals surface area contributed by atoms with E-state index in [1.807, 2.05) is 24.3 Å². The summed E-state index contributed by atoms with van der Waals surface area (Å²) in [6.45, 7) is 5.34. The molecule has 3 aromatic rings. The molecule has 7 heteroatoms. The highest BCUT2D eigenvalue weighted by Crippen LogP contribution is 2.25. The fraction of sp³-hybridized carbons (Fsp3) is 0.321. The number of methoxy groups -OCH3 is 1. The first kappa shape index (κ1) is 24.8. The molecular weight excluding hydrogens is 450 g/mol. The molecule has 0 aliphatic carbocycles. The average molecular weight is 481 g/mol. The minimum atomic E-state index is -0.833. The van der Waals surface area contributed by atoms with Crippen molar-refractivity contribution in [2.75, 3.05) is 39.8 Å². The lowest BCUT2D eigenvalue weighted by atomic mass is 10.1. The van der Waals surface area contributed by atoms with E-state index in [2.05, 4.69) is 36.1 Å². The van der Waals surface area contributed by atoms with Crippen molar-refractivity contribution in [2.24, 2.45) is 0 Å². The molecule has 0 unspecified atom stereocenters. The zero-order valence-corrected chi connectivity index (χ0v) is 20.0. The smallest absolute Gasteiger partial charge is 0.256 e. The number of halogens is 2. The minimum Gasteiger partial charge on any atom is -0.497 e. The topological polar surface area (TPSA) is 42.0 Å². The summed E-state index contributed by atoms with van der Waals surface area (Å²) in [6.07, 6.45) is -0.191. The Hall–Kier alpha value is -3.29. The maximum atomic E-state index is 14.1. The van der Waals surface area contributed by atoms with Crippen LogP contribution in [-0.4, -0.2) is 55.5 Å². The molecule has 5 nitrogen and oxygen atoms in total. The molecule has 1 heterocycles. The number of aryl methyl sites for hydroxylation is 1. The largest absolute Gasteiger partial charge is 0.497 e. The van der Waals surface area contributed by atoms with Crippen LogP contribution in [0.5, 0.6) is 5.75 Å². The number of ether oxygens (including phenoxy) is 2. The van der Waals surface area contributed by atoms with Crippen LogP contribution in [0.3, 0.4) is 0 Å². The highest BCUT2D eigenvalue weighted by atomic mass is 19.1. The molecule has 0 aromatic heterocycles. The van der Waals surface area contributed by atoms with Gasteiger partial charge in [-0.25, -0.2) is 8.78 Å². The third-order valence-corrected chi connectivity index (χ3v) is 6.28. The number of carbonyl (C=O) groups is 1. The van der Waals surface area contributed by atoms with Gasteiger partial charge in [-0.2, -0.15) is 0 Å². The molecule has 0 saturated carbocycles. The standard InChI is InChI=1S/C28H30F2N2O3/c1-20-6-8-21(9-7-20)19-35-27(22-4-3-5-24(16-22)34-2)18-31-12-14-32(15-13-31)28(33)25-11-10-23(29)17-26(25)30/h3-11,16-17,27H,12-15,18-19H2,1-2H3/t27-/m0/s1. The lowest BCUT2D eigenvalue weighted by molar-refractivity contribution is 0.00329. The predicted octanol–water partition coefficient (Wildman–Crippen LogP) is 5.00. The van der Waals surface area contributed by atoms with Crippen molar-refractivity contribution < 1.29 is 23.0 Å². The Morgan fingerprint density at radius 3 is 2.40 bits per heavy atom. The molecule has 1 atom stereocenters. The molecule has 3 aromatic carbocycles. The second kappa shape index (κ2) is 11.4. The molecule has 0 N–H and O–H groups in total. The molecule has 0 bridgehead atoms. The summed E-state index contributed by atoms with van der Waals surface area (Å²) in [6, 6.07) is 19.2. The van der Waals surface area contributed by atoms with E-state index in [1.54, 1.807) is 12.0 Å². The van der Waals surface area contributed by atoms with Gasteiger partial charge in [0.1, 0.15) is 17.4 Å². The first-order chi connectivity index (χ1) is 16.9. The van der Waals surface area contributed by atoms with Crippen LogP contribution in [-0.2, 0) is 11.3 Å². The van der Waals surface area contributed by atoms with Gasteiger partial charge in [0, 0.05) is 38.8 Å². The molecule has 1 fully saturated rings. The number of hydrogen-bond acceptors (Lipinski definition) is 4. The number of carbonyl (C=O) groups excluding carboxylic acids is 1. The minimum absolute atomic E-state index is 0.101. The van der Waals surface area contributed by atoms with Gasteiger partial charge in [-0.1, -0.05) is 42.0 Å². The highest BCUT2D eigenvalue weighted by Gasteiger charge is 2.26.